The summed E-state index contributed by atoms with van der Waals surface area (Å²) in [5, 5.41) is 0. The monoisotopic (exact) mass is 414 g/mol. The van der Waals surface area contributed by atoms with Crippen molar-refractivity contribution in [3.8, 4) is 0 Å². The quantitative estimate of drug-likeness (QED) is 0.573. The molecule has 1 saturated heterocycles. The maximum atomic E-state index is 13.2. The Balaban J connectivity index is 1.77. The van der Waals surface area contributed by atoms with Crippen LogP contribution in [0.15, 0.2) is 18.2 Å². The Morgan fingerprint density at radius 1 is 1.07 bits per heavy atom. The predicted octanol–water partition coefficient (Wildman–Crippen LogP) is 4.00. The molecule has 6 nitrogen and oxygen atoms in total. The number of hydrogen-bond acceptors (Lipinski definition) is 4. The third-order valence-electron chi connectivity index (χ3n) is 5.87. The Morgan fingerprint density at radius 3 is 2.27 bits per heavy atom. The molecule has 0 aromatic heterocycles. The summed E-state index contributed by atoms with van der Waals surface area (Å²) in [6.07, 6.45) is 3.59. The summed E-state index contributed by atoms with van der Waals surface area (Å²) in [7, 11) is 0. The Labute approximate surface area is 179 Å². The summed E-state index contributed by atoms with van der Waals surface area (Å²) in [6, 6.07) is 4.91. The zero-order chi connectivity index (χ0) is 21.8. The standard InChI is InChI=1S/C24H34N2O4/c1-16(2)9-11-25(12-10-17(3)4)22(27)18-7-8-20-21(14-18)24(29)26(23(20)28)15-19-6-5-13-30-19/h7-8,14,16-17,19H,5-6,9-13,15H2,1-4H3. The van der Waals surface area contributed by atoms with E-state index < -0.39 is 0 Å². The van der Waals surface area contributed by atoms with Gasteiger partial charge in [-0.2, -0.15) is 0 Å². The Hall–Kier alpha value is -2.21. The first-order valence-electron chi connectivity index (χ1n) is 11.2. The van der Waals surface area contributed by atoms with E-state index in [1.54, 1.807) is 18.2 Å². The average molecular weight is 415 g/mol. The zero-order valence-electron chi connectivity index (χ0n) is 18.6. The van der Waals surface area contributed by atoms with Gasteiger partial charge in [0, 0.05) is 25.3 Å². The fourth-order valence-electron chi connectivity index (χ4n) is 3.91. The lowest BCUT2D eigenvalue weighted by Crippen LogP contribution is -2.36. The van der Waals surface area contributed by atoms with E-state index in [-0.39, 0.29) is 30.4 Å². The van der Waals surface area contributed by atoms with Gasteiger partial charge in [0.1, 0.15) is 0 Å². The van der Waals surface area contributed by atoms with Gasteiger partial charge in [0.15, 0.2) is 0 Å². The molecular weight excluding hydrogens is 380 g/mol. The first-order valence-corrected chi connectivity index (χ1v) is 11.2. The van der Waals surface area contributed by atoms with Crippen LogP contribution in [0.25, 0.3) is 0 Å². The highest BCUT2D eigenvalue weighted by atomic mass is 16.5. The first-order chi connectivity index (χ1) is 14.3. The number of carbonyl (C=O) groups excluding carboxylic acids is 3. The second kappa shape index (κ2) is 9.73. The lowest BCUT2D eigenvalue weighted by Gasteiger charge is -2.25. The largest absolute Gasteiger partial charge is 0.376 e. The minimum absolute atomic E-state index is 0.0723. The van der Waals surface area contributed by atoms with Gasteiger partial charge >= 0.3 is 0 Å². The van der Waals surface area contributed by atoms with Crippen molar-refractivity contribution in [2.24, 2.45) is 11.8 Å². The molecule has 1 aromatic carbocycles. The van der Waals surface area contributed by atoms with Gasteiger partial charge in [-0.1, -0.05) is 27.7 Å². The van der Waals surface area contributed by atoms with Gasteiger partial charge < -0.3 is 9.64 Å². The van der Waals surface area contributed by atoms with Gasteiger partial charge in [-0.15, -0.1) is 0 Å². The maximum Gasteiger partial charge on any atom is 0.261 e. The minimum Gasteiger partial charge on any atom is -0.376 e. The summed E-state index contributed by atoms with van der Waals surface area (Å²) in [6.45, 7) is 10.9. The molecule has 1 atom stereocenters. The number of imide groups is 1. The molecule has 0 spiro atoms. The molecule has 0 aliphatic carbocycles. The molecule has 2 aliphatic heterocycles. The molecule has 1 unspecified atom stereocenters. The summed E-state index contributed by atoms with van der Waals surface area (Å²) >= 11 is 0. The summed E-state index contributed by atoms with van der Waals surface area (Å²) < 4.78 is 5.59. The van der Waals surface area contributed by atoms with Crippen LogP contribution in [0.2, 0.25) is 0 Å². The number of amides is 3. The number of hydrogen-bond donors (Lipinski definition) is 0. The van der Waals surface area contributed by atoms with Crippen LogP contribution in [-0.4, -0.2) is 59.9 Å². The van der Waals surface area contributed by atoms with Crippen LogP contribution in [0, 0.1) is 11.8 Å². The molecule has 0 saturated carbocycles. The molecule has 30 heavy (non-hydrogen) atoms. The average Bonchev–Trinajstić information content (AvgIpc) is 3.30. The number of ether oxygens (including phenoxy) is 1. The molecule has 3 amide bonds. The highest BCUT2D eigenvalue weighted by Gasteiger charge is 2.38. The molecule has 0 N–H and O–H groups in total. The molecule has 2 aliphatic rings. The van der Waals surface area contributed by atoms with E-state index in [9.17, 15) is 14.4 Å². The van der Waals surface area contributed by atoms with Gasteiger partial charge in [0.2, 0.25) is 0 Å². The Kier molecular flexibility index (Phi) is 7.29. The van der Waals surface area contributed by atoms with E-state index in [0.717, 1.165) is 25.7 Å². The van der Waals surface area contributed by atoms with Crippen molar-refractivity contribution < 1.29 is 19.1 Å². The third-order valence-corrected chi connectivity index (χ3v) is 5.87. The van der Waals surface area contributed by atoms with E-state index in [4.69, 9.17) is 4.74 Å². The summed E-state index contributed by atoms with van der Waals surface area (Å²) in [4.78, 5) is 42.0. The van der Waals surface area contributed by atoms with E-state index in [2.05, 4.69) is 27.7 Å². The zero-order valence-corrected chi connectivity index (χ0v) is 18.6. The van der Waals surface area contributed by atoms with Gasteiger partial charge in [-0.25, -0.2) is 0 Å². The lowest BCUT2D eigenvalue weighted by molar-refractivity contribution is 0.0475. The molecule has 1 fully saturated rings. The molecule has 1 aromatic rings. The van der Waals surface area contributed by atoms with Crippen LogP contribution >= 0.6 is 0 Å². The first kappa shape index (κ1) is 22.5. The second-order valence-electron chi connectivity index (χ2n) is 9.27. The molecule has 6 heteroatoms. The van der Waals surface area contributed by atoms with Crippen LogP contribution in [0.3, 0.4) is 0 Å². The molecule has 3 rings (SSSR count). The van der Waals surface area contributed by atoms with Crippen LogP contribution in [-0.2, 0) is 4.74 Å². The van der Waals surface area contributed by atoms with Crippen molar-refractivity contribution in [3.63, 3.8) is 0 Å². The van der Waals surface area contributed by atoms with Gasteiger partial charge in [-0.05, 0) is 55.7 Å². The maximum absolute atomic E-state index is 13.2. The van der Waals surface area contributed by atoms with Crippen LogP contribution in [0.5, 0.6) is 0 Å². The van der Waals surface area contributed by atoms with E-state index >= 15 is 0 Å². The number of fused-ring (bicyclic) bond motifs is 1. The van der Waals surface area contributed by atoms with Crippen molar-refractivity contribution in [1.82, 2.24) is 9.80 Å². The lowest BCUT2D eigenvalue weighted by atomic mass is 10.0. The summed E-state index contributed by atoms with van der Waals surface area (Å²) in [5.41, 5.74) is 1.18. The van der Waals surface area contributed by atoms with Crippen LogP contribution in [0.4, 0.5) is 0 Å². The van der Waals surface area contributed by atoms with Crippen molar-refractivity contribution in [3.05, 3.63) is 34.9 Å². The molecule has 0 bridgehead atoms. The summed E-state index contributed by atoms with van der Waals surface area (Å²) in [5.74, 6) is 0.323. The SMILES string of the molecule is CC(C)CCN(CCC(C)C)C(=O)c1ccc2c(c1)C(=O)N(CC1CCCO1)C2=O. The third kappa shape index (κ3) is 5.09. The van der Waals surface area contributed by atoms with Crippen molar-refractivity contribution in [1.29, 1.82) is 0 Å². The number of carbonyl (C=O) groups is 3. The van der Waals surface area contributed by atoms with E-state index in [0.29, 0.717) is 48.2 Å². The number of rotatable bonds is 9. The molecule has 164 valence electrons. The van der Waals surface area contributed by atoms with Gasteiger partial charge in [0.05, 0.1) is 23.8 Å². The topological polar surface area (TPSA) is 66.9 Å². The number of benzene rings is 1. The Bertz CT molecular complexity index is 784. The molecule has 0 radical (unpaired) electrons. The molecule has 2 heterocycles. The second-order valence-corrected chi connectivity index (χ2v) is 9.27. The van der Waals surface area contributed by atoms with Crippen LogP contribution in [0.1, 0.15) is 84.5 Å². The van der Waals surface area contributed by atoms with E-state index in [1.165, 1.54) is 4.90 Å². The highest BCUT2D eigenvalue weighted by molar-refractivity contribution is 6.22. The molecular formula is C24H34N2O4. The van der Waals surface area contributed by atoms with Crippen molar-refractivity contribution >= 4 is 17.7 Å². The minimum atomic E-state index is -0.323. The van der Waals surface area contributed by atoms with Crippen molar-refractivity contribution in [2.75, 3.05) is 26.2 Å². The van der Waals surface area contributed by atoms with Crippen LogP contribution < -0.4 is 0 Å². The fraction of sp³-hybridized carbons (Fsp3) is 0.625. The fourth-order valence-corrected chi connectivity index (χ4v) is 3.91. The smallest absolute Gasteiger partial charge is 0.261 e. The number of nitrogens with zero attached hydrogens (tertiary/aromatic N) is 2. The Morgan fingerprint density at radius 2 is 1.70 bits per heavy atom. The van der Waals surface area contributed by atoms with Gasteiger partial charge in [-0.3, -0.25) is 19.3 Å². The van der Waals surface area contributed by atoms with E-state index in [1.807, 2.05) is 4.90 Å². The van der Waals surface area contributed by atoms with Gasteiger partial charge in [0.25, 0.3) is 17.7 Å². The van der Waals surface area contributed by atoms with Crippen molar-refractivity contribution in [2.45, 2.75) is 59.5 Å². The highest BCUT2D eigenvalue weighted by Crippen LogP contribution is 2.26. The normalized spacial score (nSPS) is 18.6. The predicted molar refractivity (Wildman–Crippen MR) is 116 cm³/mol.